The smallest absolute Gasteiger partial charge is 0.220 e. The second-order valence-electron chi connectivity index (χ2n) is 17.9. The van der Waals surface area contributed by atoms with Crippen LogP contribution in [0.2, 0.25) is 0 Å². The molecule has 7 atom stereocenters. The largest absolute Gasteiger partial charge is 0.352 e. The lowest BCUT2D eigenvalue weighted by atomic mass is 9.34. The van der Waals surface area contributed by atoms with Gasteiger partial charge in [-0.1, -0.05) is 60.1 Å². The second-order valence-corrected chi connectivity index (χ2v) is 17.9. The number of nitrogens with one attached hydrogen (secondary N) is 1. The number of hydrogen-bond donors (Lipinski definition) is 1. The van der Waals surface area contributed by atoms with Gasteiger partial charge in [-0.05, 0) is 112 Å². The minimum atomic E-state index is -0.653. The molecule has 2 unspecified atom stereocenters. The molecule has 0 saturated heterocycles. The number of carbonyl (C=O) groups excluding carboxylic acids is 3. The van der Waals surface area contributed by atoms with Crippen LogP contribution in [0, 0.1) is 61.6 Å². The Bertz CT molecular complexity index is 1320. The van der Waals surface area contributed by atoms with Gasteiger partial charge in [-0.15, -0.1) is 0 Å². The summed E-state index contributed by atoms with van der Waals surface area (Å²) in [5, 5.41) is 13.1. The molecule has 1 N–H and O–H groups in total. The molecule has 0 bridgehead atoms. The number of nitriles is 1. The van der Waals surface area contributed by atoms with E-state index in [0.29, 0.717) is 6.42 Å². The summed E-state index contributed by atoms with van der Waals surface area (Å²) in [7, 11) is 0. The van der Waals surface area contributed by atoms with E-state index in [-0.39, 0.29) is 68.0 Å². The Hall–Kier alpha value is -2.22. The van der Waals surface area contributed by atoms with Crippen LogP contribution in [0.5, 0.6) is 0 Å². The Morgan fingerprint density at radius 2 is 1.64 bits per heavy atom. The van der Waals surface area contributed by atoms with Gasteiger partial charge in [-0.2, -0.15) is 5.26 Å². The summed E-state index contributed by atoms with van der Waals surface area (Å²) in [4.78, 5) is 41.0. The molecule has 0 aromatic carbocycles. The molecule has 0 heterocycles. The highest BCUT2D eigenvalue weighted by Gasteiger charge is 2.69. The summed E-state index contributed by atoms with van der Waals surface area (Å²) in [6, 6.07) is 2.21. The fourth-order valence-corrected chi connectivity index (χ4v) is 11.0. The molecule has 0 aromatic rings. The maximum Gasteiger partial charge on any atom is 0.220 e. The van der Waals surface area contributed by atoms with Crippen LogP contribution in [0.3, 0.4) is 0 Å². The van der Waals surface area contributed by atoms with Gasteiger partial charge in [0.05, 0.1) is 5.57 Å². The molecular weight excluding hydrogens is 520 g/mol. The number of amides is 1. The lowest BCUT2D eigenvalue weighted by Gasteiger charge is -2.69. The van der Waals surface area contributed by atoms with Gasteiger partial charge in [-0.25, -0.2) is 0 Å². The Morgan fingerprint density at radius 1 is 1.00 bits per heavy atom. The highest BCUT2D eigenvalue weighted by atomic mass is 16.2. The molecule has 0 spiro atoms. The van der Waals surface area contributed by atoms with Gasteiger partial charge in [0.25, 0.3) is 0 Å². The van der Waals surface area contributed by atoms with Crippen LogP contribution in [0.25, 0.3) is 0 Å². The molecule has 0 radical (unpaired) electrons. The molecule has 0 aliphatic heterocycles. The summed E-state index contributed by atoms with van der Waals surface area (Å²) in [5.74, 6) is 0.496. The average Bonchev–Trinajstić information content (AvgIpc) is 2.85. The van der Waals surface area contributed by atoms with Crippen LogP contribution in [0.4, 0.5) is 0 Å². The summed E-state index contributed by atoms with van der Waals surface area (Å²) in [6.45, 7) is 21.7. The number of hydrogen-bond acceptors (Lipinski definition) is 4. The molecule has 1 amide bonds. The molecule has 3 saturated carbocycles. The lowest BCUT2D eigenvalue weighted by Crippen LogP contribution is -2.64. The van der Waals surface area contributed by atoms with Crippen molar-refractivity contribution in [3.63, 3.8) is 0 Å². The van der Waals surface area contributed by atoms with Crippen LogP contribution >= 0.6 is 0 Å². The fraction of sp³-hybridized carbons (Fsp3) is 0.784. The van der Waals surface area contributed by atoms with Crippen molar-refractivity contribution in [3.05, 3.63) is 23.3 Å². The van der Waals surface area contributed by atoms with E-state index in [1.807, 2.05) is 46.8 Å². The summed E-state index contributed by atoms with van der Waals surface area (Å²) in [6.07, 6.45) is 12.3. The molecule has 5 heteroatoms. The first kappa shape index (κ1) is 31.2. The van der Waals surface area contributed by atoms with Crippen molar-refractivity contribution in [2.45, 2.75) is 133 Å². The van der Waals surface area contributed by atoms with Crippen LogP contribution in [-0.2, 0) is 14.4 Å². The third-order valence-electron chi connectivity index (χ3n) is 13.4. The van der Waals surface area contributed by atoms with E-state index < -0.39 is 10.8 Å². The predicted octanol–water partition coefficient (Wildman–Crippen LogP) is 7.90. The van der Waals surface area contributed by atoms with Crippen molar-refractivity contribution < 1.29 is 14.4 Å². The van der Waals surface area contributed by atoms with Gasteiger partial charge in [0.1, 0.15) is 6.07 Å². The highest BCUT2D eigenvalue weighted by Crippen LogP contribution is 2.75. The number of allylic oxidation sites excluding steroid dienone is 4. The molecule has 3 fully saturated rings. The zero-order valence-corrected chi connectivity index (χ0v) is 27.9. The first-order valence-corrected chi connectivity index (χ1v) is 16.4. The number of ketones is 2. The van der Waals surface area contributed by atoms with E-state index in [2.05, 4.69) is 46.0 Å². The number of fused-ring (bicyclic) bond motifs is 7. The van der Waals surface area contributed by atoms with E-state index in [9.17, 15) is 19.6 Å². The van der Waals surface area contributed by atoms with Crippen molar-refractivity contribution in [1.82, 2.24) is 5.32 Å². The maximum atomic E-state index is 14.6. The number of rotatable bonds is 3. The summed E-state index contributed by atoms with van der Waals surface area (Å²) < 4.78 is 0. The van der Waals surface area contributed by atoms with E-state index in [4.69, 9.17) is 0 Å². The van der Waals surface area contributed by atoms with Crippen molar-refractivity contribution in [2.24, 2.45) is 50.2 Å². The first-order valence-electron chi connectivity index (χ1n) is 16.4. The standard InChI is InChI=1S/C37H54N2O3/c1-31(2,3)39-28(41)12-14-37-17-15-32(4,5)21-24(37)29-25(40)19-27-34(8)20-23(22-38)30(42)33(6,7)26(34)11-13-35(27,9)36(29,10)16-18-37/h19-20,24,26,29H,11-18,21H2,1-10H3,(H,39,41)/t24?,26-,29?,34-,35+,36+,37+/m0/s1. The fourth-order valence-electron chi connectivity index (χ4n) is 11.0. The number of nitrogens with zero attached hydrogens (tertiary/aromatic N) is 1. The summed E-state index contributed by atoms with van der Waals surface area (Å²) >= 11 is 0. The topological polar surface area (TPSA) is 87.0 Å². The zero-order valence-electron chi connectivity index (χ0n) is 27.9. The van der Waals surface area contributed by atoms with E-state index in [1.165, 1.54) is 0 Å². The Morgan fingerprint density at radius 3 is 2.26 bits per heavy atom. The number of Topliss-reactive ketones (excluding diaryl/α,β-unsaturated/α-hetero) is 1. The molecule has 5 rings (SSSR count). The van der Waals surface area contributed by atoms with Crippen LogP contribution < -0.4 is 5.32 Å². The van der Waals surface area contributed by atoms with Gasteiger partial charge in [-0.3, -0.25) is 14.4 Å². The van der Waals surface area contributed by atoms with E-state index in [0.717, 1.165) is 56.9 Å². The van der Waals surface area contributed by atoms with Crippen molar-refractivity contribution >= 4 is 17.5 Å². The van der Waals surface area contributed by atoms with Gasteiger partial charge >= 0.3 is 0 Å². The lowest BCUT2D eigenvalue weighted by molar-refractivity contribution is -0.173. The SMILES string of the molecule is CC1(C)CC[C@]2(CCC(=O)NC(C)(C)C)CC[C@]3(C)C(C(=O)C=C4[C@@]5(C)C=C(C#N)C(=O)C(C)(C)[C@@H]5CC[C@]43C)C2C1. The van der Waals surface area contributed by atoms with Crippen molar-refractivity contribution in [2.75, 3.05) is 0 Å². The zero-order chi connectivity index (χ0) is 31.3. The monoisotopic (exact) mass is 574 g/mol. The molecule has 0 aromatic heterocycles. The van der Waals surface area contributed by atoms with Gasteiger partial charge in [0.15, 0.2) is 11.6 Å². The molecule has 5 aliphatic carbocycles. The second kappa shape index (κ2) is 9.39. The maximum absolute atomic E-state index is 14.6. The molecule has 230 valence electrons. The Labute approximate surface area is 254 Å². The van der Waals surface area contributed by atoms with Crippen LogP contribution in [0.1, 0.15) is 127 Å². The van der Waals surface area contributed by atoms with Gasteiger partial charge < -0.3 is 5.32 Å². The van der Waals surface area contributed by atoms with Crippen LogP contribution in [0.15, 0.2) is 23.3 Å². The first-order chi connectivity index (χ1) is 19.2. The van der Waals surface area contributed by atoms with Gasteiger partial charge in [0.2, 0.25) is 5.91 Å². The van der Waals surface area contributed by atoms with Gasteiger partial charge in [0, 0.05) is 28.7 Å². The molecule has 5 nitrogen and oxygen atoms in total. The van der Waals surface area contributed by atoms with E-state index in [1.54, 1.807) is 0 Å². The average molecular weight is 575 g/mol. The molecule has 42 heavy (non-hydrogen) atoms. The summed E-state index contributed by atoms with van der Waals surface area (Å²) in [5.41, 5.74) is -0.288. The predicted molar refractivity (Wildman–Crippen MR) is 166 cm³/mol. The highest BCUT2D eigenvalue weighted by molar-refractivity contribution is 6.04. The normalized spacial score (nSPS) is 42.1. The molecule has 5 aliphatic rings. The minimum absolute atomic E-state index is 0.000514. The van der Waals surface area contributed by atoms with Crippen LogP contribution in [-0.4, -0.2) is 23.0 Å². The molecular formula is C37H54N2O3. The number of carbonyl (C=O) groups is 3. The van der Waals surface area contributed by atoms with Crippen molar-refractivity contribution in [3.8, 4) is 6.07 Å². The third kappa shape index (κ3) is 4.40. The third-order valence-corrected chi connectivity index (χ3v) is 13.4. The quantitative estimate of drug-likeness (QED) is 0.371. The van der Waals surface area contributed by atoms with E-state index >= 15 is 0 Å². The Kier molecular flexibility index (Phi) is 6.98. The minimum Gasteiger partial charge on any atom is -0.352 e. The van der Waals surface area contributed by atoms with Crippen molar-refractivity contribution in [1.29, 1.82) is 5.26 Å². The Balaban J connectivity index is 1.59.